The third-order valence-electron chi connectivity index (χ3n) is 7.03. The third kappa shape index (κ3) is 7.72. The van der Waals surface area contributed by atoms with Crippen molar-refractivity contribution in [3.63, 3.8) is 0 Å². The standard InChI is InChI=1S/C26H40O6/c1-25(2,23(29)30)13-9-5-3-7-11-19-17-21(27)22(28)18-20(19)12-8-4-6-10-14-26(15-16-26)24(31)32/h17-18,27-28H,3-16H2,1-2H3,(H,29,30)(H,31,32). The van der Waals surface area contributed by atoms with Crippen LogP contribution in [-0.4, -0.2) is 32.4 Å². The molecule has 4 N–H and O–H groups in total. The second-order valence-electron chi connectivity index (χ2n) is 10.2. The monoisotopic (exact) mass is 448 g/mol. The zero-order chi connectivity index (χ0) is 23.8. The van der Waals surface area contributed by atoms with E-state index in [-0.39, 0.29) is 11.5 Å². The van der Waals surface area contributed by atoms with Gasteiger partial charge in [-0.3, -0.25) is 9.59 Å². The zero-order valence-electron chi connectivity index (χ0n) is 19.7. The minimum atomic E-state index is -0.754. The van der Waals surface area contributed by atoms with Crippen LogP contribution >= 0.6 is 0 Å². The Kier molecular flexibility index (Phi) is 9.41. The maximum Gasteiger partial charge on any atom is 0.309 e. The van der Waals surface area contributed by atoms with Gasteiger partial charge in [-0.2, -0.15) is 0 Å². The number of hydrogen-bond acceptors (Lipinski definition) is 4. The minimum Gasteiger partial charge on any atom is -0.504 e. The SMILES string of the molecule is CC(C)(CCCCCCc1cc(O)c(O)cc1CCCCCCC1(C(=O)O)CC1)C(=O)O. The number of phenolic OH excluding ortho intramolecular Hbond substituents is 2. The fraction of sp³-hybridized carbons (Fsp3) is 0.692. The first-order valence-electron chi connectivity index (χ1n) is 12.1. The van der Waals surface area contributed by atoms with Gasteiger partial charge in [0.05, 0.1) is 10.8 Å². The summed E-state index contributed by atoms with van der Waals surface area (Å²) in [5, 5.41) is 38.3. The summed E-state index contributed by atoms with van der Waals surface area (Å²) >= 11 is 0. The highest BCUT2D eigenvalue weighted by Gasteiger charge is 2.49. The van der Waals surface area contributed by atoms with E-state index in [0.717, 1.165) is 94.6 Å². The van der Waals surface area contributed by atoms with Crippen LogP contribution in [0.2, 0.25) is 0 Å². The summed E-state index contributed by atoms with van der Waals surface area (Å²) in [5.74, 6) is -1.57. The van der Waals surface area contributed by atoms with Gasteiger partial charge >= 0.3 is 11.9 Å². The van der Waals surface area contributed by atoms with Crippen molar-refractivity contribution in [2.75, 3.05) is 0 Å². The first-order valence-corrected chi connectivity index (χ1v) is 12.1. The second kappa shape index (κ2) is 11.6. The molecule has 0 heterocycles. The topological polar surface area (TPSA) is 115 Å². The molecule has 32 heavy (non-hydrogen) atoms. The number of carboxylic acids is 2. The maximum atomic E-state index is 11.2. The second-order valence-corrected chi connectivity index (χ2v) is 10.2. The highest BCUT2D eigenvalue weighted by Crippen LogP contribution is 2.50. The average Bonchev–Trinajstić information content (AvgIpc) is 3.51. The number of hydrogen-bond donors (Lipinski definition) is 4. The van der Waals surface area contributed by atoms with E-state index in [1.54, 1.807) is 26.0 Å². The predicted octanol–water partition coefficient (Wildman–Crippen LogP) is 6.06. The molecule has 1 aliphatic carbocycles. The Labute approximate surface area is 191 Å². The molecule has 0 bridgehead atoms. The molecular weight excluding hydrogens is 408 g/mol. The Bertz CT molecular complexity index is 726. The molecule has 0 aromatic heterocycles. The van der Waals surface area contributed by atoms with Crippen molar-refractivity contribution in [3.8, 4) is 11.5 Å². The summed E-state index contributed by atoms with van der Waals surface area (Å²) in [4.78, 5) is 22.4. The normalized spacial score (nSPS) is 14.9. The van der Waals surface area contributed by atoms with Crippen LogP contribution in [-0.2, 0) is 22.4 Å². The van der Waals surface area contributed by atoms with E-state index in [0.29, 0.717) is 6.42 Å². The third-order valence-corrected chi connectivity index (χ3v) is 7.03. The summed E-state index contributed by atoms with van der Waals surface area (Å²) in [5.41, 5.74) is 1.02. The molecule has 1 aromatic carbocycles. The van der Waals surface area contributed by atoms with Gasteiger partial charge in [0, 0.05) is 0 Å². The zero-order valence-corrected chi connectivity index (χ0v) is 19.7. The number of carbonyl (C=O) groups is 2. The van der Waals surface area contributed by atoms with Crippen molar-refractivity contribution >= 4 is 11.9 Å². The van der Waals surface area contributed by atoms with Gasteiger partial charge in [-0.05, 0) is 88.5 Å². The maximum absolute atomic E-state index is 11.2. The van der Waals surface area contributed by atoms with Crippen LogP contribution < -0.4 is 0 Å². The van der Waals surface area contributed by atoms with Gasteiger partial charge < -0.3 is 20.4 Å². The van der Waals surface area contributed by atoms with Gasteiger partial charge in [0.25, 0.3) is 0 Å². The molecule has 0 aliphatic heterocycles. The Morgan fingerprint density at radius 1 is 0.812 bits per heavy atom. The number of carboxylic acid groups (broad SMARTS) is 2. The predicted molar refractivity (Wildman–Crippen MR) is 124 cm³/mol. The lowest BCUT2D eigenvalue weighted by Crippen LogP contribution is -2.23. The van der Waals surface area contributed by atoms with Crippen LogP contribution in [0.25, 0.3) is 0 Å². The lowest BCUT2D eigenvalue weighted by Gasteiger charge is -2.18. The number of aromatic hydroxyl groups is 2. The van der Waals surface area contributed by atoms with Crippen LogP contribution in [0.15, 0.2) is 12.1 Å². The molecule has 1 saturated carbocycles. The molecule has 1 fully saturated rings. The number of phenols is 2. The van der Waals surface area contributed by atoms with Gasteiger partial charge in [-0.15, -0.1) is 0 Å². The van der Waals surface area contributed by atoms with Crippen molar-refractivity contribution in [1.82, 2.24) is 0 Å². The van der Waals surface area contributed by atoms with Crippen molar-refractivity contribution in [3.05, 3.63) is 23.3 Å². The quantitative estimate of drug-likeness (QED) is 0.180. The van der Waals surface area contributed by atoms with Crippen LogP contribution in [0, 0.1) is 10.8 Å². The molecule has 0 unspecified atom stereocenters. The van der Waals surface area contributed by atoms with E-state index in [4.69, 9.17) is 0 Å². The molecule has 1 aliphatic rings. The molecule has 1 aromatic rings. The summed E-state index contributed by atoms with van der Waals surface area (Å²) in [7, 11) is 0. The van der Waals surface area contributed by atoms with E-state index in [1.807, 2.05) is 0 Å². The first-order chi connectivity index (χ1) is 15.1. The number of unbranched alkanes of at least 4 members (excludes halogenated alkanes) is 6. The van der Waals surface area contributed by atoms with Gasteiger partial charge in [0.1, 0.15) is 0 Å². The molecule has 6 heteroatoms. The number of benzene rings is 1. The molecule has 6 nitrogen and oxygen atoms in total. The van der Waals surface area contributed by atoms with Crippen LogP contribution in [0.3, 0.4) is 0 Å². The highest BCUT2D eigenvalue weighted by molar-refractivity contribution is 5.77. The van der Waals surface area contributed by atoms with Gasteiger partial charge in [0.15, 0.2) is 11.5 Å². The number of rotatable bonds is 16. The van der Waals surface area contributed by atoms with Crippen molar-refractivity contribution in [2.45, 2.75) is 104 Å². The Morgan fingerprint density at radius 3 is 1.72 bits per heavy atom. The molecular formula is C26H40O6. The molecule has 0 radical (unpaired) electrons. The van der Waals surface area contributed by atoms with Crippen LogP contribution in [0.1, 0.15) is 102 Å². The van der Waals surface area contributed by atoms with E-state index in [1.165, 1.54) is 0 Å². The summed E-state index contributed by atoms with van der Waals surface area (Å²) in [6.45, 7) is 3.52. The Hall–Kier alpha value is -2.24. The minimum absolute atomic E-state index is 0.0863. The lowest BCUT2D eigenvalue weighted by molar-refractivity contribution is -0.147. The van der Waals surface area contributed by atoms with E-state index >= 15 is 0 Å². The molecule has 2 rings (SSSR count). The average molecular weight is 449 g/mol. The van der Waals surface area contributed by atoms with Crippen molar-refractivity contribution in [2.24, 2.45) is 10.8 Å². The smallest absolute Gasteiger partial charge is 0.309 e. The number of aliphatic carboxylic acids is 2. The number of aryl methyl sites for hydroxylation is 2. The molecule has 180 valence electrons. The Morgan fingerprint density at radius 2 is 1.28 bits per heavy atom. The first kappa shape index (κ1) is 26.0. The van der Waals surface area contributed by atoms with Crippen LogP contribution in [0.4, 0.5) is 0 Å². The lowest BCUT2D eigenvalue weighted by atomic mass is 9.87. The highest BCUT2D eigenvalue weighted by atomic mass is 16.4. The van der Waals surface area contributed by atoms with Gasteiger partial charge in [-0.1, -0.05) is 38.5 Å². The molecule has 0 amide bonds. The fourth-order valence-electron chi connectivity index (χ4n) is 4.33. The van der Waals surface area contributed by atoms with E-state index < -0.39 is 22.8 Å². The molecule has 0 spiro atoms. The Balaban J connectivity index is 1.71. The summed E-state index contributed by atoms with van der Waals surface area (Å²) in [6, 6.07) is 3.34. The van der Waals surface area contributed by atoms with Crippen molar-refractivity contribution < 1.29 is 30.0 Å². The largest absolute Gasteiger partial charge is 0.504 e. The van der Waals surface area contributed by atoms with E-state index in [9.17, 15) is 30.0 Å². The summed E-state index contributed by atoms with van der Waals surface area (Å²) in [6.07, 6.45) is 12.5. The molecule has 0 atom stereocenters. The van der Waals surface area contributed by atoms with Gasteiger partial charge in [0.2, 0.25) is 0 Å². The van der Waals surface area contributed by atoms with Crippen molar-refractivity contribution in [1.29, 1.82) is 0 Å². The molecule has 0 saturated heterocycles. The van der Waals surface area contributed by atoms with E-state index in [2.05, 4.69) is 0 Å². The fourth-order valence-corrected chi connectivity index (χ4v) is 4.33. The summed E-state index contributed by atoms with van der Waals surface area (Å²) < 4.78 is 0. The van der Waals surface area contributed by atoms with Gasteiger partial charge in [-0.25, -0.2) is 0 Å². The van der Waals surface area contributed by atoms with Crippen LogP contribution in [0.5, 0.6) is 11.5 Å².